The Bertz CT molecular complexity index is 683. The van der Waals surface area contributed by atoms with Crippen molar-refractivity contribution in [1.29, 1.82) is 0 Å². The van der Waals surface area contributed by atoms with Crippen molar-refractivity contribution >= 4 is 11.8 Å². The van der Waals surface area contributed by atoms with Crippen LogP contribution in [0.3, 0.4) is 0 Å². The number of aromatic nitrogens is 1. The van der Waals surface area contributed by atoms with Crippen LogP contribution < -0.4 is 4.74 Å². The number of esters is 1. The average molecular weight is 301 g/mol. The number of ether oxygens (including phenoxy) is 1. The fourth-order valence-electron chi connectivity index (χ4n) is 2.10. The van der Waals surface area contributed by atoms with Crippen LogP contribution >= 0.6 is 0 Å². The van der Waals surface area contributed by atoms with E-state index in [1.807, 2.05) is 13.8 Å². The molecule has 1 aromatic carbocycles. The van der Waals surface area contributed by atoms with E-state index >= 15 is 0 Å². The number of nitrogens with zero attached hydrogens (tertiary/aromatic N) is 1. The van der Waals surface area contributed by atoms with Crippen LogP contribution in [0.15, 0.2) is 28.8 Å². The predicted octanol–water partition coefficient (Wildman–Crippen LogP) is 3.92. The summed E-state index contributed by atoms with van der Waals surface area (Å²) in [6.45, 7) is 7.34. The Morgan fingerprint density at radius 2 is 1.86 bits per heavy atom. The maximum atomic E-state index is 12.3. The second kappa shape index (κ2) is 6.56. The number of hydrogen-bond donors (Lipinski definition) is 0. The summed E-state index contributed by atoms with van der Waals surface area (Å²) < 4.78 is 10.5. The molecule has 0 atom stereocenters. The highest BCUT2D eigenvalue weighted by Gasteiger charge is 2.24. The number of carbonyl (C=O) groups is 2. The molecule has 0 saturated carbocycles. The fraction of sp³-hybridized carbons (Fsp3) is 0.353. The summed E-state index contributed by atoms with van der Waals surface area (Å²) in [6, 6.07) is 6.52. The highest BCUT2D eigenvalue weighted by atomic mass is 16.5. The lowest BCUT2D eigenvalue weighted by Crippen LogP contribution is -2.12. The minimum Gasteiger partial charge on any atom is -0.423 e. The Kier molecular flexibility index (Phi) is 4.75. The predicted molar refractivity (Wildman–Crippen MR) is 81.4 cm³/mol. The molecule has 0 unspecified atom stereocenters. The van der Waals surface area contributed by atoms with Crippen molar-refractivity contribution in [3.05, 3.63) is 46.8 Å². The Morgan fingerprint density at radius 3 is 2.41 bits per heavy atom. The number of hydrogen-bond acceptors (Lipinski definition) is 5. The Balaban J connectivity index is 2.19. The maximum absolute atomic E-state index is 12.3. The van der Waals surface area contributed by atoms with Crippen LogP contribution in [0, 0.1) is 6.92 Å². The molecule has 5 nitrogen and oxygen atoms in total. The van der Waals surface area contributed by atoms with Gasteiger partial charge >= 0.3 is 5.97 Å². The van der Waals surface area contributed by atoms with Crippen LogP contribution in [0.5, 0.6) is 5.75 Å². The van der Waals surface area contributed by atoms with Crippen LogP contribution in [-0.2, 0) is 0 Å². The Hall–Kier alpha value is -2.43. The molecule has 116 valence electrons. The average Bonchev–Trinajstić information content (AvgIpc) is 2.89. The molecule has 0 aliphatic carbocycles. The van der Waals surface area contributed by atoms with Crippen molar-refractivity contribution in [1.82, 2.24) is 5.16 Å². The number of ketones is 1. The van der Waals surface area contributed by atoms with E-state index in [0.717, 1.165) is 0 Å². The summed E-state index contributed by atoms with van der Waals surface area (Å²) in [5, 5.41) is 3.83. The highest BCUT2D eigenvalue weighted by molar-refractivity contribution is 5.96. The molecule has 0 spiro atoms. The number of benzene rings is 1. The minimum atomic E-state index is -0.503. The smallest absolute Gasteiger partial charge is 0.349 e. The van der Waals surface area contributed by atoms with E-state index in [1.165, 1.54) is 0 Å². The third-order valence-electron chi connectivity index (χ3n) is 3.33. The van der Waals surface area contributed by atoms with Crippen molar-refractivity contribution < 1.29 is 18.8 Å². The summed E-state index contributed by atoms with van der Waals surface area (Å²) in [6.07, 6.45) is 0.441. The maximum Gasteiger partial charge on any atom is 0.349 e. The molecule has 0 aliphatic heterocycles. The van der Waals surface area contributed by atoms with Gasteiger partial charge in [0, 0.05) is 17.9 Å². The largest absolute Gasteiger partial charge is 0.423 e. The second-order valence-electron chi connectivity index (χ2n) is 5.35. The first-order chi connectivity index (χ1) is 10.4. The van der Waals surface area contributed by atoms with Gasteiger partial charge in [0.1, 0.15) is 11.3 Å². The first-order valence-electron chi connectivity index (χ1n) is 7.25. The molecule has 0 N–H and O–H groups in total. The Morgan fingerprint density at radius 1 is 1.23 bits per heavy atom. The summed E-state index contributed by atoms with van der Waals surface area (Å²) >= 11 is 0. The minimum absolute atomic E-state index is 0.0355. The van der Waals surface area contributed by atoms with Crippen LogP contribution in [0.25, 0.3) is 0 Å². The lowest BCUT2D eigenvalue weighted by molar-refractivity contribution is 0.0731. The van der Waals surface area contributed by atoms with Crippen molar-refractivity contribution in [2.75, 3.05) is 0 Å². The first kappa shape index (κ1) is 15.9. The van der Waals surface area contributed by atoms with Crippen molar-refractivity contribution in [3.63, 3.8) is 0 Å². The van der Waals surface area contributed by atoms with Gasteiger partial charge in [0.25, 0.3) is 0 Å². The van der Waals surface area contributed by atoms with Crippen LogP contribution in [-0.4, -0.2) is 16.9 Å². The number of Topliss-reactive ketones (excluding diaryl/α,β-unsaturated/α-hetero) is 1. The van der Waals surface area contributed by atoms with Gasteiger partial charge in [-0.05, 0) is 31.2 Å². The van der Waals surface area contributed by atoms with Gasteiger partial charge in [-0.25, -0.2) is 4.79 Å². The number of carbonyl (C=O) groups excluding carboxylic acids is 2. The zero-order valence-electron chi connectivity index (χ0n) is 13.2. The highest BCUT2D eigenvalue weighted by Crippen LogP contribution is 2.24. The first-order valence-corrected chi connectivity index (χ1v) is 7.25. The van der Waals surface area contributed by atoms with Gasteiger partial charge < -0.3 is 9.26 Å². The molecular weight excluding hydrogens is 282 g/mol. The quantitative estimate of drug-likeness (QED) is 0.475. The van der Waals surface area contributed by atoms with E-state index in [4.69, 9.17) is 9.26 Å². The van der Waals surface area contributed by atoms with E-state index in [9.17, 15) is 9.59 Å². The van der Waals surface area contributed by atoms with Gasteiger partial charge in [-0.3, -0.25) is 4.79 Å². The third kappa shape index (κ3) is 3.24. The standard InChI is InChI=1S/C17H19NO4/c1-5-14(19)12-6-8-13(9-7-12)21-17(20)15-11(4)18-22-16(15)10(2)3/h6-10H,5H2,1-4H3. The van der Waals surface area contributed by atoms with Gasteiger partial charge in [-0.1, -0.05) is 25.9 Å². The summed E-state index contributed by atoms with van der Waals surface area (Å²) in [4.78, 5) is 23.9. The van der Waals surface area contributed by atoms with Crippen molar-refractivity contribution in [3.8, 4) is 5.75 Å². The molecule has 22 heavy (non-hydrogen) atoms. The SMILES string of the molecule is CCC(=O)c1ccc(OC(=O)c2c(C)noc2C(C)C)cc1. The lowest BCUT2D eigenvalue weighted by Gasteiger charge is -2.07. The molecule has 0 saturated heterocycles. The van der Waals surface area contributed by atoms with E-state index < -0.39 is 5.97 Å². The molecule has 1 heterocycles. The third-order valence-corrected chi connectivity index (χ3v) is 3.33. The molecule has 2 aromatic rings. The van der Waals surface area contributed by atoms with Crippen LogP contribution in [0.2, 0.25) is 0 Å². The summed E-state index contributed by atoms with van der Waals surface area (Å²) in [5.74, 6) is 0.480. The van der Waals surface area contributed by atoms with Gasteiger partial charge in [-0.2, -0.15) is 0 Å². The lowest BCUT2D eigenvalue weighted by atomic mass is 10.1. The number of aryl methyl sites for hydroxylation is 1. The van der Waals surface area contributed by atoms with Gasteiger partial charge in [0.2, 0.25) is 0 Å². The van der Waals surface area contributed by atoms with Gasteiger partial charge in [0.15, 0.2) is 11.5 Å². The fourth-order valence-corrected chi connectivity index (χ4v) is 2.10. The zero-order chi connectivity index (χ0) is 16.3. The second-order valence-corrected chi connectivity index (χ2v) is 5.35. The summed E-state index contributed by atoms with van der Waals surface area (Å²) in [7, 11) is 0. The van der Waals surface area contributed by atoms with Crippen LogP contribution in [0.1, 0.15) is 65.3 Å². The topological polar surface area (TPSA) is 69.4 Å². The molecular formula is C17H19NO4. The molecule has 0 aliphatic rings. The molecule has 1 aromatic heterocycles. The molecule has 2 rings (SSSR count). The molecule has 0 amide bonds. The van der Waals surface area contributed by atoms with E-state index in [1.54, 1.807) is 38.1 Å². The zero-order valence-corrected chi connectivity index (χ0v) is 13.2. The number of rotatable bonds is 5. The van der Waals surface area contributed by atoms with Gasteiger partial charge in [-0.15, -0.1) is 0 Å². The van der Waals surface area contributed by atoms with E-state index in [0.29, 0.717) is 34.8 Å². The van der Waals surface area contributed by atoms with Crippen molar-refractivity contribution in [2.24, 2.45) is 0 Å². The summed E-state index contributed by atoms with van der Waals surface area (Å²) in [5.41, 5.74) is 1.47. The molecule has 0 bridgehead atoms. The molecule has 0 radical (unpaired) electrons. The van der Waals surface area contributed by atoms with Gasteiger partial charge in [0.05, 0.1) is 5.69 Å². The van der Waals surface area contributed by atoms with E-state index in [-0.39, 0.29) is 11.7 Å². The molecule has 0 fully saturated rings. The normalized spacial score (nSPS) is 10.8. The van der Waals surface area contributed by atoms with E-state index in [2.05, 4.69) is 5.16 Å². The monoisotopic (exact) mass is 301 g/mol. The van der Waals surface area contributed by atoms with Crippen LogP contribution in [0.4, 0.5) is 0 Å². The Labute approximate surface area is 129 Å². The van der Waals surface area contributed by atoms with Crippen molar-refractivity contribution in [2.45, 2.75) is 40.0 Å². The molecule has 5 heteroatoms.